The van der Waals surface area contributed by atoms with Crippen molar-refractivity contribution in [3.05, 3.63) is 54.2 Å². The van der Waals surface area contributed by atoms with Crippen LogP contribution in [0.4, 0.5) is 5.82 Å². The molecule has 1 heterocycles. The van der Waals surface area contributed by atoms with Gasteiger partial charge >= 0.3 is 0 Å². The van der Waals surface area contributed by atoms with Gasteiger partial charge in [0, 0.05) is 13.2 Å². The molecule has 4 nitrogen and oxygen atoms in total. The summed E-state index contributed by atoms with van der Waals surface area (Å²) in [6, 6.07) is 13.5. The van der Waals surface area contributed by atoms with Crippen molar-refractivity contribution in [3.8, 4) is 5.75 Å². The summed E-state index contributed by atoms with van der Waals surface area (Å²) in [6.07, 6.45) is 1.74. The van der Waals surface area contributed by atoms with E-state index in [1.165, 1.54) is 0 Å². The Hall–Kier alpha value is -2.07. The molecular weight excluding hydrogens is 228 g/mol. The van der Waals surface area contributed by atoms with E-state index in [9.17, 15) is 0 Å². The first-order valence-corrected chi connectivity index (χ1v) is 5.70. The highest BCUT2D eigenvalue weighted by Crippen LogP contribution is 2.13. The standard InChI is InChI=1S/C14H16N2O2/c1-16(14-5-3-4-10-15-14)18-11-12-6-8-13(17-2)9-7-12/h3-10H,11H2,1-2H3. The number of aromatic nitrogens is 1. The highest BCUT2D eigenvalue weighted by Gasteiger charge is 2.02. The van der Waals surface area contributed by atoms with Crippen LogP contribution in [0.3, 0.4) is 0 Å². The van der Waals surface area contributed by atoms with Crippen LogP contribution >= 0.6 is 0 Å². The van der Waals surface area contributed by atoms with Crippen molar-refractivity contribution >= 4 is 5.82 Å². The molecule has 0 N–H and O–H groups in total. The lowest BCUT2D eigenvalue weighted by atomic mass is 10.2. The minimum Gasteiger partial charge on any atom is -0.497 e. The second kappa shape index (κ2) is 6.02. The van der Waals surface area contributed by atoms with Gasteiger partial charge in [0.05, 0.1) is 13.7 Å². The van der Waals surface area contributed by atoms with Gasteiger partial charge in [-0.05, 0) is 29.8 Å². The molecule has 0 aliphatic carbocycles. The molecule has 18 heavy (non-hydrogen) atoms. The van der Waals surface area contributed by atoms with Crippen LogP contribution in [0.15, 0.2) is 48.7 Å². The third-order valence-corrected chi connectivity index (χ3v) is 2.56. The first kappa shape index (κ1) is 12.4. The number of anilines is 1. The molecule has 0 aliphatic heterocycles. The minimum atomic E-state index is 0.497. The Morgan fingerprint density at radius 1 is 1.11 bits per heavy atom. The third kappa shape index (κ3) is 3.21. The Morgan fingerprint density at radius 3 is 2.50 bits per heavy atom. The molecule has 0 amide bonds. The van der Waals surface area contributed by atoms with E-state index in [2.05, 4.69) is 4.98 Å². The molecule has 0 fully saturated rings. The van der Waals surface area contributed by atoms with Gasteiger partial charge in [-0.2, -0.15) is 0 Å². The van der Waals surface area contributed by atoms with Crippen molar-refractivity contribution in [2.75, 3.05) is 19.2 Å². The normalized spacial score (nSPS) is 10.1. The molecule has 0 spiro atoms. The molecule has 94 valence electrons. The van der Waals surface area contributed by atoms with E-state index in [1.807, 2.05) is 49.5 Å². The summed E-state index contributed by atoms with van der Waals surface area (Å²) >= 11 is 0. The predicted octanol–water partition coefficient (Wildman–Crippen LogP) is 2.66. The van der Waals surface area contributed by atoms with Crippen LogP contribution in [0.1, 0.15) is 5.56 Å². The predicted molar refractivity (Wildman–Crippen MR) is 70.4 cm³/mol. The molecular formula is C14H16N2O2. The van der Waals surface area contributed by atoms with Gasteiger partial charge in [0.2, 0.25) is 0 Å². The number of hydrogen-bond acceptors (Lipinski definition) is 4. The highest BCUT2D eigenvalue weighted by atomic mass is 16.7. The van der Waals surface area contributed by atoms with Gasteiger partial charge in [0.25, 0.3) is 0 Å². The van der Waals surface area contributed by atoms with Gasteiger partial charge in [-0.1, -0.05) is 18.2 Å². The average Bonchev–Trinajstić information content (AvgIpc) is 2.46. The molecule has 0 saturated heterocycles. The number of ether oxygens (including phenoxy) is 1. The summed E-state index contributed by atoms with van der Waals surface area (Å²) in [5.74, 6) is 1.63. The van der Waals surface area contributed by atoms with Crippen molar-refractivity contribution < 1.29 is 9.57 Å². The van der Waals surface area contributed by atoms with Gasteiger partial charge in [0.15, 0.2) is 5.82 Å². The summed E-state index contributed by atoms with van der Waals surface area (Å²) in [7, 11) is 3.49. The topological polar surface area (TPSA) is 34.6 Å². The molecule has 4 heteroatoms. The maximum atomic E-state index is 5.62. The van der Waals surface area contributed by atoms with Crippen molar-refractivity contribution in [1.29, 1.82) is 0 Å². The largest absolute Gasteiger partial charge is 0.497 e. The van der Waals surface area contributed by atoms with Crippen molar-refractivity contribution in [1.82, 2.24) is 4.98 Å². The average molecular weight is 244 g/mol. The Balaban J connectivity index is 1.91. The molecule has 1 aromatic carbocycles. The Morgan fingerprint density at radius 2 is 1.89 bits per heavy atom. The Kier molecular flexibility index (Phi) is 4.15. The van der Waals surface area contributed by atoms with Crippen LogP contribution < -0.4 is 9.80 Å². The number of hydrogen-bond donors (Lipinski definition) is 0. The molecule has 1 aromatic heterocycles. The zero-order valence-corrected chi connectivity index (χ0v) is 10.5. The second-order valence-corrected chi connectivity index (χ2v) is 3.81. The van der Waals surface area contributed by atoms with Gasteiger partial charge in [-0.25, -0.2) is 10.0 Å². The van der Waals surface area contributed by atoms with Crippen LogP contribution in [-0.4, -0.2) is 19.1 Å². The van der Waals surface area contributed by atoms with E-state index in [4.69, 9.17) is 9.57 Å². The van der Waals surface area contributed by atoms with Gasteiger partial charge in [0.1, 0.15) is 5.75 Å². The fourth-order valence-corrected chi connectivity index (χ4v) is 1.50. The molecule has 0 saturated carbocycles. The lowest BCUT2D eigenvalue weighted by molar-refractivity contribution is 0.106. The van der Waals surface area contributed by atoms with E-state index >= 15 is 0 Å². The number of pyridine rings is 1. The monoisotopic (exact) mass is 244 g/mol. The van der Waals surface area contributed by atoms with E-state index in [0.29, 0.717) is 6.61 Å². The molecule has 0 radical (unpaired) electrons. The Labute approximate surface area is 107 Å². The zero-order valence-electron chi connectivity index (χ0n) is 10.5. The SMILES string of the molecule is COc1ccc(CON(C)c2ccccn2)cc1. The number of methoxy groups -OCH3 is 1. The first-order valence-electron chi connectivity index (χ1n) is 5.70. The summed E-state index contributed by atoms with van der Waals surface area (Å²) in [4.78, 5) is 9.82. The lowest BCUT2D eigenvalue weighted by Crippen LogP contribution is -2.18. The molecule has 0 atom stereocenters. The van der Waals surface area contributed by atoms with E-state index in [0.717, 1.165) is 17.1 Å². The zero-order chi connectivity index (χ0) is 12.8. The summed E-state index contributed by atoms with van der Waals surface area (Å²) in [5, 5.41) is 1.66. The van der Waals surface area contributed by atoms with Crippen LogP contribution in [0, 0.1) is 0 Å². The van der Waals surface area contributed by atoms with E-state index in [-0.39, 0.29) is 0 Å². The van der Waals surface area contributed by atoms with Gasteiger partial charge in [-0.3, -0.25) is 4.84 Å². The maximum Gasteiger partial charge on any atom is 0.151 e. The first-order chi connectivity index (χ1) is 8.79. The molecule has 0 aliphatic rings. The van der Waals surface area contributed by atoms with Crippen LogP contribution in [0.25, 0.3) is 0 Å². The molecule has 2 rings (SSSR count). The summed E-state index contributed by atoms with van der Waals surface area (Å²) in [5.41, 5.74) is 1.08. The fourth-order valence-electron chi connectivity index (χ4n) is 1.50. The molecule has 2 aromatic rings. The number of hydroxylamine groups is 1. The molecule has 0 bridgehead atoms. The van der Waals surface area contributed by atoms with E-state index in [1.54, 1.807) is 18.4 Å². The van der Waals surface area contributed by atoms with Crippen molar-refractivity contribution in [2.45, 2.75) is 6.61 Å². The number of benzene rings is 1. The second-order valence-electron chi connectivity index (χ2n) is 3.81. The Bertz CT molecular complexity index is 471. The number of nitrogens with zero attached hydrogens (tertiary/aromatic N) is 2. The van der Waals surface area contributed by atoms with Crippen LogP contribution in [0.2, 0.25) is 0 Å². The van der Waals surface area contributed by atoms with Crippen molar-refractivity contribution in [2.24, 2.45) is 0 Å². The lowest BCUT2D eigenvalue weighted by Gasteiger charge is -2.17. The highest BCUT2D eigenvalue weighted by molar-refractivity contribution is 5.33. The minimum absolute atomic E-state index is 0.497. The smallest absolute Gasteiger partial charge is 0.151 e. The maximum absolute atomic E-state index is 5.62. The summed E-state index contributed by atoms with van der Waals surface area (Å²) < 4.78 is 5.10. The molecule has 0 unspecified atom stereocenters. The van der Waals surface area contributed by atoms with Gasteiger partial charge < -0.3 is 4.74 Å². The van der Waals surface area contributed by atoms with E-state index < -0.39 is 0 Å². The van der Waals surface area contributed by atoms with Crippen LogP contribution in [-0.2, 0) is 11.4 Å². The summed E-state index contributed by atoms with van der Waals surface area (Å²) in [6.45, 7) is 0.497. The fraction of sp³-hybridized carbons (Fsp3) is 0.214. The number of rotatable bonds is 5. The van der Waals surface area contributed by atoms with Crippen LogP contribution in [0.5, 0.6) is 5.75 Å². The van der Waals surface area contributed by atoms with Crippen molar-refractivity contribution in [3.63, 3.8) is 0 Å². The third-order valence-electron chi connectivity index (χ3n) is 2.56. The quantitative estimate of drug-likeness (QED) is 0.757. The van der Waals surface area contributed by atoms with Gasteiger partial charge in [-0.15, -0.1) is 0 Å².